The highest BCUT2D eigenvalue weighted by Gasteiger charge is 2.03. The van der Waals surface area contributed by atoms with E-state index in [2.05, 4.69) is 11.8 Å². The maximum atomic E-state index is 11.4. The fraction of sp³-hybridized carbons (Fsp3) is 0.308. The molecule has 0 aliphatic rings. The van der Waals surface area contributed by atoms with Gasteiger partial charge in [0.05, 0.1) is 12.1 Å². The summed E-state index contributed by atoms with van der Waals surface area (Å²) in [6.07, 6.45) is 0. The zero-order valence-electron chi connectivity index (χ0n) is 9.56. The minimum absolute atomic E-state index is 0.140. The van der Waals surface area contributed by atoms with Crippen LogP contribution in [-0.2, 0) is 4.74 Å². The SMILES string of the molecule is CN(C)CC#CCOC(=O)c1ccccc1. The van der Waals surface area contributed by atoms with Crippen molar-refractivity contribution in [3.05, 3.63) is 35.9 Å². The molecule has 1 rings (SSSR count). The van der Waals surface area contributed by atoms with Gasteiger partial charge in [-0.05, 0) is 26.2 Å². The zero-order valence-corrected chi connectivity index (χ0v) is 9.56. The van der Waals surface area contributed by atoms with Crippen molar-refractivity contribution in [3.8, 4) is 11.8 Å². The number of nitrogens with zero attached hydrogens (tertiary/aromatic N) is 1. The van der Waals surface area contributed by atoms with E-state index in [1.165, 1.54) is 0 Å². The molecule has 84 valence electrons. The van der Waals surface area contributed by atoms with Crippen LogP contribution in [0.25, 0.3) is 0 Å². The first-order chi connectivity index (χ1) is 7.70. The summed E-state index contributed by atoms with van der Waals surface area (Å²) in [4.78, 5) is 13.4. The van der Waals surface area contributed by atoms with E-state index in [1.54, 1.807) is 24.3 Å². The largest absolute Gasteiger partial charge is 0.449 e. The number of esters is 1. The average Bonchev–Trinajstić information content (AvgIpc) is 2.29. The molecule has 0 aliphatic heterocycles. The van der Waals surface area contributed by atoms with Gasteiger partial charge in [-0.25, -0.2) is 4.79 Å². The van der Waals surface area contributed by atoms with Crippen molar-refractivity contribution in [2.24, 2.45) is 0 Å². The maximum absolute atomic E-state index is 11.4. The van der Waals surface area contributed by atoms with Crippen molar-refractivity contribution in [1.29, 1.82) is 0 Å². The van der Waals surface area contributed by atoms with E-state index in [-0.39, 0.29) is 12.6 Å². The fourth-order valence-electron chi connectivity index (χ4n) is 1.02. The zero-order chi connectivity index (χ0) is 11.8. The Morgan fingerprint density at radius 3 is 2.56 bits per heavy atom. The molecular formula is C13H15NO2. The van der Waals surface area contributed by atoms with Gasteiger partial charge in [0.1, 0.15) is 0 Å². The number of carbonyl (C=O) groups is 1. The molecule has 0 atom stereocenters. The quantitative estimate of drug-likeness (QED) is 0.566. The highest BCUT2D eigenvalue weighted by Crippen LogP contribution is 2.00. The standard InChI is InChI=1S/C13H15NO2/c1-14(2)10-6-7-11-16-13(15)12-8-4-3-5-9-12/h3-5,8-9H,10-11H2,1-2H3. The molecule has 0 radical (unpaired) electrons. The molecule has 3 heteroatoms. The molecular weight excluding hydrogens is 202 g/mol. The topological polar surface area (TPSA) is 29.5 Å². The third-order valence-corrected chi connectivity index (χ3v) is 1.81. The fourth-order valence-corrected chi connectivity index (χ4v) is 1.02. The van der Waals surface area contributed by atoms with Gasteiger partial charge < -0.3 is 4.74 Å². The van der Waals surface area contributed by atoms with E-state index >= 15 is 0 Å². The van der Waals surface area contributed by atoms with Crippen LogP contribution in [0.2, 0.25) is 0 Å². The summed E-state index contributed by atoms with van der Waals surface area (Å²) in [7, 11) is 3.87. The molecule has 0 unspecified atom stereocenters. The van der Waals surface area contributed by atoms with Crippen molar-refractivity contribution in [2.75, 3.05) is 27.2 Å². The Bertz CT molecular complexity index is 387. The number of rotatable bonds is 3. The summed E-state index contributed by atoms with van der Waals surface area (Å²) in [5, 5.41) is 0. The highest BCUT2D eigenvalue weighted by atomic mass is 16.5. The van der Waals surface area contributed by atoms with Crippen LogP contribution in [0.5, 0.6) is 0 Å². The molecule has 0 heterocycles. The number of hydrogen-bond acceptors (Lipinski definition) is 3. The molecule has 1 aromatic rings. The summed E-state index contributed by atoms with van der Waals surface area (Å²) >= 11 is 0. The second-order valence-corrected chi connectivity index (χ2v) is 3.53. The molecule has 0 amide bonds. The van der Waals surface area contributed by atoms with Gasteiger partial charge >= 0.3 is 5.97 Å². The van der Waals surface area contributed by atoms with Crippen LogP contribution in [0.4, 0.5) is 0 Å². The Morgan fingerprint density at radius 2 is 1.94 bits per heavy atom. The molecule has 1 aromatic carbocycles. The first-order valence-corrected chi connectivity index (χ1v) is 5.03. The molecule has 0 N–H and O–H groups in total. The van der Waals surface area contributed by atoms with Crippen molar-refractivity contribution >= 4 is 5.97 Å². The lowest BCUT2D eigenvalue weighted by Crippen LogP contribution is -2.11. The summed E-state index contributed by atoms with van der Waals surface area (Å²) < 4.78 is 4.98. The second kappa shape index (κ2) is 6.65. The number of hydrogen-bond donors (Lipinski definition) is 0. The normalized spacial score (nSPS) is 9.44. The van der Waals surface area contributed by atoms with Gasteiger partial charge in [-0.1, -0.05) is 30.0 Å². The molecule has 0 aromatic heterocycles. The van der Waals surface area contributed by atoms with Crippen molar-refractivity contribution in [3.63, 3.8) is 0 Å². The second-order valence-electron chi connectivity index (χ2n) is 3.53. The minimum atomic E-state index is -0.334. The Morgan fingerprint density at radius 1 is 1.25 bits per heavy atom. The van der Waals surface area contributed by atoms with Gasteiger partial charge in [0, 0.05) is 0 Å². The molecule has 3 nitrogen and oxygen atoms in total. The van der Waals surface area contributed by atoms with Crippen LogP contribution >= 0.6 is 0 Å². The van der Waals surface area contributed by atoms with Crippen molar-refractivity contribution in [2.45, 2.75) is 0 Å². The summed E-state index contributed by atoms with van der Waals surface area (Å²) in [6.45, 7) is 0.810. The minimum Gasteiger partial charge on any atom is -0.449 e. The van der Waals surface area contributed by atoms with Crippen LogP contribution in [0.3, 0.4) is 0 Å². The third kappa shape index (κ3) is 4.63. The van der Waals surface area contributed by atoms with Crippen LogP contribution < -0.4 is 0 Å². The first-order valence-electron chi connectivity index (χ1n) is 5.03. The number of benzene rings is 1. The van der Waals surface area contributed by atoms with Gasteiger partial charge in [-0.15, -0.1) is 0 Å². The average molecular weight is 217 g/mol. The highest BCUT2D eigenvalue weighted by molar-refractivity contribution is 5.89. The molecule has 0 bridgehead atoms. The van der Waals surface area contributed by atoms with E-state index < -0.39 is 0 Å². The smallest absolute Gasteiger partial charge is 0.339 e. The molecule has 0 spiro atoms. The van der Waals surface area contributed by atoms with E-state index in [9.17, 15) is 4.79 Å². The van der Waals surface area contributed by atoms with Crippen LogP contribution in [-0.4, -0.2) is 38.1 Å². The Hall–Kier alpha value is -1.79. The van der Waals surface area contributed by atoms with Gasteiger partial charge in [0.2, 0.25) is 0 Å². The molecule has 0 fully saturated rings. The Balaban J connectivity index is 2.33. The Kier molecular flexibility index (Phi) is 5.10. The van der Waals surface area contributed by atoms with E-state index in [0.29, 0.717) is 12.1 Å². The first kappa shape index (κ1) is 12.3. The predicted molar refractivity (Wildman–Crippen MR) is 63.1 cm³/mol. The summed E-state index contributed by atoms with van der Waals surface area (Å²) in [5.74, 6) is 5.34. The van der Waals surface area contributed by atoms with Gasteiger partial charge in [0.15, 0.2) is 6.61 Å². The summed E-state index contributed by atoms with van der Waals surface area (Å²) in [6, 6.07) is 8.89. The number of ether oxygens (including phenoxy) is 1. The van der Waals surface area contributed by atoms with Crippen LogP contribution in [0.1, 0.15) is 10.4 Å². The molecule has 0 aliphatic carbocycles. The van der Waals surface area contributed by atoms with Crippen molar-refractivity contribution < 1.29 is 9.53 Å². The molecule has 16 heavy (non-hydrogen) atoms. The van der Waals surface area contributed by atoms with Gasteiger partial charge in [0.25, 0.3) is 0 Å². The lowest BCUT2D eigenvalue weighted by molar-refractivity contribution is 0.0556. The molecule has 0 saturated heterocycles. The predicted octanol–water partition coefficient (Wildman–Crippen LogP) is 1.41. The molecule has 0 saturated carbocycles. The Labute approximate surface area is 96.0 Å². The lowest BCUT2D eigenvalue weighted by atomic mass is 10.2. The van der Waals surface area contributed by atoms with E-state index in [0.717, 1.165) is 0 Å². The summed E-state index contributed by atoms with van der Waals surface area (Å²) in [5.41, 5.74) is 0.553. The van der Waals surface area contributed by atoms with E-state index in [1.807, 2.05) is 25.1 Å². The van der Waals surface area contributed by atoms with Crippen LogP contribution in [0.15, 0.2) is 30.3 Å². The van der Waals surface area contributed by atoms with E-state index in [4.69, 9.17) is 4.74 Å². The third-order valence-electron chi connectivity index (χ3n) is 1.81. The van der Waals surface area contributed by atoms with Gasteiger partial charge in [-0.2, -0.15) is 0 Å². The monoisotopic (exact) mass is 217 g/mol. The van der Waals surface area contributed by atoms with Crippen LogP contribution in [0, 0.1) is 11.8 Å². The number of carbonyl (C=O) groups excluding carboxylic acids is 1. The van der Waals surface area contributed by atoms with Gasteiger partial charge in [-0.3, -0.25) is 4.90 Å². The maximum Gasteiger partial charge on any atom is 0.339 e. The lowest BCUT2D eigenvalue weighted by Gasteiger charge is -2.01. The van der Waals surface area contributed by atoms with Crippen molar-refractivity contribution in [1.82, 2.24) is 4.90 Å².